The van der Waals surface area contributed by atoms with Crippen LogP contribution in [0.5, 0.6) is 0 Å². The Morgan fingerprint density at radius 3 is 2.71 bits per heavy atom. The van der Waals surface area contributed by atoms with Gasteiger partial charge in [-0.2, -0.15) is 0 Å². The van der Waals surface area contributed by atoms with Crippen LogP contribution in [0.4, 0.5) is 4.79 Å². The molecule has 2 N–H and O–H groups in total. The number of carbonyl (C=O) groups excluding carboxylic acids is 3. The van der Waals surface area contributed by atoms with Gasteiger partial charge in [0.25, 0.3) is 0 Å². The fourth-order valence-corrected chi connectivity index (χ4v) is 1.29. The van der Waals surface area contributed by atoms with Crippen molar-refractivity contribution in [3.63, 3.8) is 0 Å². The van der Waals surface area contributed by atoms with E-state index in [9.17, 15) is 14.4 Å². The Bertz CT molecular complexity index is 298. The first-order valence-electron chi connectivity index (χ1n) is 4.53. The summed E-state index contributed by atoms with van der Waals surface area (Å²) in [5, 5.41) is 4.85. The van der Waals surface area contributed by atoms with Crippen LogP contribution in [0.1, 0.15) is 12.8 Å². The van der Waals surface area contributed by atoms with Crippen molar-refractivity contribution in [2.75, 3.05) is 13.1 Å². The Morgan fingerprint density at radius 2 is 2.21 bits per heavy atom. The van der Waals surface area contributed by atoms with E-state index in [1.54, 1.807) is 0 Å². The molecule has 2 rings (SSSR count). The van der Waals surface area contributed by atoms with Crippen molar-refractivity contribution in [2.24, 2.45) is 0 Å². The molecule has 4 amide bonds. The summed E-state index contributed by atoms with van der Waals surface area (Å²) >= 11 is 0. The molecule has 0 bridgehead atoms. The molecule has 1 heterocycles. The molecule has 0 spiro atoms. The molecular formula is C8H11N3O3. The van der Waals surface area contributed by atoms with Gasteiger partial charge in [0.15, 0.2) is 0 Å². The van der Waals surface area contributed by atoms with Crippen LogP contribution in [0, 0.1) is 0 Å². The normalized spacial score (nSPS) is 21.0. The lowest BCUT2D eigenvalue weighted by Gasteiger charge is -2.12. The predicted molar refractivity (Wildman–Crippen MR) is 46.3 cm³/mol. The van der Waals surface area contributed by atoms with Crippen LogP contribution in [-0.4, -0.2) is 41.9 Å². The van der Waals surface area contributed by atoms with Gasteiger partial charge in [-0.15, -0.1) is 0 Å². The molecule has 0 radical (unpaired) electrons. The first-order chi connectivity index (χ1) is 6.65. The van der Waals surface area contributed by atoms with E-state index >= 15 is 0 Å². The molecule has 0 aromatic carbocycles. The van der Waals surface area contributed by atoms with E-state index in [1.807, 2.05) is 0 Å². The zero-order chi connectivity index (χ0) is 10.1. The summed E-state index contributed by atoms with van der Waals surface area (Å²) in [5.74, 6) is -0.549. The average molecular weight is 197 g/mol. The number of nitrogens with zero attached hydrogens (tertiary/aromatic N) is 1. The van der Waals surface area contributed by atoms with Gasteiger partial charge in [-0.25, -0.2) is 4.79 Å². The molecule has 2 fully saturated rings. The fraction of sp³-hybridized carbons (Fsp3) is 0.625. The van der Waals surface area contributed by atoms with Crippen molar-refractivity contribution < 1.29 is 14.4 Å². The van der Waals surface area contributed by atoms with Crippen molar-refractivity contribution in [3.8, 4) is 0 Å². The number of imide groups is 1. The summed E-state index contributed by atoms with van der Waals surface area (Å²) in [7, 11) is 0. The largest absolute Gasteiger partial charge is 0.352 e. The molecule has 0 atom stereocenters. The molecule has 1 aliphatic carbocycles. The monoisotopic (exact) mass is 197 g/mol. The van der Waals surface area contributed by atoms with Crippen LogP contribution >= 0.6 is 0 Å². The third-order valence-corrected chi connectivity index (χ3v) is 2.14. The van der Waals surface area contributed by atoms with Gasteiger partial charge in [0, 0.05) is 6.04 Å². The molecule has 6 heteroatoms. The zero-order valence-electron chi connectivity index (χ0n) is 7.58. The summed E-state index contributed by atoms with van der Waals surface area (Å²) in [4.78, 5) is 34.3. The van der Waals surface area contributed by atoms with Crippen molar-refractivity contribution in [1.29, 1.82) is 0 Å². The van der Waals surface area contributed by atoms with Crippen LogP contribution in [0.15, 0.2) is 0 Å². The lowest BCUT2D eigenvalue weighted by molar-refractivity contribution is -0.122. The van der Waals surface area contributed by atoms with E-state index in [1.165, 1.54) is 4.90 Å². The van der Waals surface area contributed by atoms with Crippen LogP contribution in [0.25, 0.3) is 0 Å². The van der Waals surface area contributed by atoms with E-state index in [4.69, 9.17) is 0 Å². The van der Waals surface area contributed by atoms with E-state index in [2.05, 4.69) is 10.6 Å². The lowest BCUT2D eigenvalue weighted by atomic mass is 10.5. The molecule has 6 nitrogen and oxygen atoms in total. The van der Waals surface area contributed by atoms with Crippen LogP contribution in [-0.2, 0) is 9.59 Å². The van der Waals surface area contributed by atoms with Crippen LogP contribution in [0.3, 0.4) is 0 Å². The van der Waals surface area contributed by atoms with Gasteiger partial charge in [0.05, 0.1) is 0 Å². The van der Waals surface area contributed by atoms with E-state index in [0.29, 0.717) is 0 Å². The lowest BCUT2D eigenvalue weighted by Crippen LogP contribution is -2.39. The highest BCUT2D eigenvalue weighted by Crippen LogP contribution is 2.18. The van der Waals surface area contributed by atoms with Gasteiger partial charge < -0.3 is 10.2 Å². The second-order valence-electron chi connectivity index (χ2n) is 3.55. The topological polar surface area (TPSA) is 78.5 Å². The number of amides is 4. The molecule has 14 heavy (non-hydrogen) atoms. The first kappa shape index (κ1) is 8.98. The summed E-state index contributed by atoms with van der Waals surface area (Å²) in [5.41, 5.74) is 0. The maximum atomic E-state index is 11.3. The average Bonchev–Trinajstić information content (AvgIpc) is 2.81. The summed E-state index contributed by atoms with van der Waals surface area (Å²) < 4.78 is 0. The Morgan fingerprint density at radius 1 is 1.50 bits per heavy atom. The van der Waals surface area contributed by atoms with Crippen molar-refractivity contribution in [2.45, 2.75) is 18.9 Å². The Labute approximate surface area is 80.6 Å². The zero-order valence-corrected chi connectivity index (χ0v) is 7.58. The minimum atomic E-state index is -0.485. The molecule has 76 valence electrons. The second kappa shape index (κ2) is 3.28. The summed E-state index contributed by atoms with van der Waals surface area (Å²) in [6, 6.07) is -0.204. The molecule has 1 aliphatic heterocycles. The fourth-order valence-electron chi connectivity index (χ4n) is 1.29. The number of rotatable bonds is 3. The molecule has 0 aromatic heterocycles. The number of urea groups is 1. The van der Waals surface area contributed by atoms with Gasteiger partial charge >= 0.3 is 6.03 Å². The Kier molecular flexibility index (Phi) is 2.11. The highest BCUT2D eigenvalue weighted by molar-refractivity contribution is 6.03. The molecule has 1 saturated carbocycles. The molecule has 1 saturated heterocycles. The minimum absolute atomic E-state index is 0.0169. The van der Waals surface area contributed by atoms with Crippen molar-refractivity contribution in [3.05, 3.63) is 0 Å². The Hall–Kier alpha value is -1.59. The van der Waals surface area contributed by atoms with Crippen LogP contribution < -0.4 is 10.6 Å². The quantitative estimate of drug-likeness (QED) is 0.559. The number of hydrogen-bond donors (Lipinski definition) is 2. The van der Waals surface area contributed by atoms with E-state index in [0.717, 1.165) is 12.8 Å². The van der Waals surface area contributed by atoms with Gasteiger partial charge in [0.2, 0.25) is 11.8 Å². The highest BCUT2D eigenvalue weighted by atomic mass is 16.2. The number of nitrogens with one attached hydrogen (secondary N) is 2. The Balaban J connectivity index is 1.81. The predicted octanol–water partition coefficient (Wildman–Crippen LogP) is -1.18. The van der Waals surface area contributed by atoms with E-state index in [-0.39, 0.29) is 30.9 Å². The van der Waals surface area contributed by atoms with Crippen molar-refractivity contribution >= 4 is 17.8 Å². The minimum Gasteiger partial charge on any atom is -0.352 e. The SMILES string of the molecule is O=C1CN(CC(=O)NC2CC2)C(=O)N1. The van der Waals surface area contributed by atoms with Gasteiger partial charge in [-0.3, -0.25) is 14.9 Å². The highest BCUT2D eigenvalue weighted by Gasteiger charge is 2.30. The van der Waals surface area contributed by atoms with E-state index < -0.39 is 6.03 Å². The van der Waals surface area contributed by atoms with Gasteiger partial charge in [-0.1, -0.05) is 0 Å². The molecule has 0 aromatic rings. The van der Waals surface area contributed by atoms with Crippen molar-refractivity contribution in [1.82, 2.24) is 15.5 Å². The molecule has 2 aliphatic rings. The summed E-state index contributed by atoms with van der Waals surface area (Å²) in [6.07, 6.45) is 2.02. The first-order valence-corrected chi connectivity index (χ1v) is 4.53. The summed E-state index contributed by atoms with van der Waals surface area (Å²) in [6.45, 7) is -0.0506. The molecular weight excluding hydrogens is 186 g/mol. The second-order valence-corrected chi connectivity index (χ2v) is 3.55. The standard InChI is InChI=1S/C8H11N3O3/c12-6(9-5-1-2-5)3-11-4-7(13)10-8(11)14/h5H,1-4H2,(H,9,12)(H,10,13,14). The third kappa shape index (κ3) is 2.01. The maximum absolute atomic E-state index is 11.3. The number of hydrogen-bond acceptors (Lipinski definition) is 3. The maximum Gasteiger partial charge on any atom is 0.325 e. The van der Waals surface area contributed by atoms with Crippen LogP contribution in [0.2, 0.25) is 0 Å². The van der Waals surface area contributed by atoms with Gasteiger partial charge in [-0.05, 0) is 12.8 Å². The smallest absolute Gasteiger partial charge is 0.325 e. The van der Waals surface area contributed by atoms with Gasteiger partial charge in [0.1, 0.15) is 13.1 Å². The third-order valence-electron chi connectivity index (χ3n) is 2.14. The number of carbonyl (C=O) groups is 3. The molecule has 0 unspecified atom stereocenters.